The first-order chi connectivity index (χ1) is 6.77. The van der Waals surface area contributed by atoms with E-state index in [1.807, 2.05) is 11.0 Å². The van der Waals surface area contributed by atoms with Gasteiger partial charge in [-0.25, -0.2) is 0 Å². The molecule has 0 aliphatic carbocycles. The molecule has 0 bridgehead atoms. The van der Waals surface area contributed by atoms with Crippen LogP contribution in [0, 0.1) is 5.92 Å². The van der Waals surface area contributed by atoms with Crippen molar-refractivity contribution < 1.29 is 4.79 Å². The van der Waals surface area contributed by atoms with Crippen molar-refractivity contribution in [1.82, 2.24) is 4.90 Å². The predicted octanol–water partition coefficient (Wildman–Crippen LogP) is 2.60. The summed E-state index contributed by atoms with van der Waals surface area (Å²) in [5.41, 5.74) is 0. The second kappa shape index (κ2) is 4.71. The third-order valence-corrected chi connectivity index (χ3v) is 4.61. The van der Waals surface area contributed by atoms with Crippen molar-refractivity contribution in [3.8, 4) is 0 Å². The smallest absolute Gasteiger partial charge is 0.230 e. The van der Waals surface area contributed by atoms with E-state index in [-0.39, 0.29) is 5.92 Å². The monoisotopic (exact) mass is 275 g/mol. The number of nitrogens with zero attached hydrogens (tertiary/aromatic N) is 1. The quantitative estimate of drug-likeness (QED) is 0.733. The van der Waals surface area contributed by atoms with E-state index in [0.717, 1.165) is 22.7 Å². The summed E-state index contributed by atoms with van der Waals surface area (Å²) in [4.78, 5) is 14.0. The van der Waals surface area contributed by atoms with Crippen LogP contribution in [0.4, 0.5) is 0 Å². The maximum Gasteiger partial charge on any atom is 0.230 e. The molecule has 0 aromatic carbocycles. The Balaban J connectivity index is 1.94. The third kappa shape index (κ3) is 2.34. The third-order valence-electron chi connectivity index (χ3n) is 2.72. The zero-order valence-electron chi connectivity index (χ0n) is 8.04. The number of amides is 1. The van der Waals surface area contributed by atoms with Crippen molar-refractivity contribution in [3.63, 3.8) is 0 Å². The van der Waals surface area contributed by atoms with Crippen LogP contribution >= 0.6 is 27.7 Å². The van der Waals surface area contributed by atoms with Crippen LogP contribution in [0.2, 0.25) is 0 Å². The first-order valence-electron chi connectivity index (χ1n) is 5.06. The van der Waals surface area contributed by atoms with Crippen LogP contribution in [-0.4, -0.2) is 29.6 Å². The molecule has 2 nitrogen and oxygen atoms in total. The van der Waals surface area contributed by atoms with E-state index in [1.54, 1.807) is 11.8 Å². The lowest BCUT2D eigenvalue weighted by Crippen LogP contribution is -2.39. The molecule has 78 valence electrons. The maximum absolute atomic E-state index is 12.0. The largest absolute Gasteiger partial charge is 0.342 e. The summed E-state index contributed by atoms with van der Waals surface area (Å²) >= 11 is 5.15. The topological polar surface area (TPSA) is 20.3 Å². The summed E-state index contributed by atoms with van der Waals surface area (Å²) in [6, 6.07) is 0. The molecular formula is C10H14BrNOS. The lowest BCUT2D eigenvalue weighted by molar-refractivity contribution is -0.134. The number of likely N-dealkylation sites (tertiary alicyclic amines) is 1. The number of piperidine rings is 1. The van der Waals surface area contributed by atoms with Gasteiger partial charge in [0.05, 0.1) is 5.92 Å². The Labute approximate surface area is 97.2 Å². The fourth-order valence-corrected chi connectivity index (χ4v) is 3.47. The predicted molar refractivity (Wildman–Crippen MR) is 63.4 cm³/mol. The van der Waals surface area contributed by atoms with Crippen molar-refractivity contribution in [2.75, 3.05) is 18.8 Å². The molecule has 1 unspecified atom stereocenters. The van der Waals surface area contributed by atoms with Gasteiger partial charge in [-0.2, -0.15) is 0 Å². The van der Waals surface area contributed by atoms with E-state index in [0.29, 0.717) is 5.91 Å². The lowest BCUT2D eigenvalue weighted by atomic mass is 10.1. The van der Waals surface area contributed by atoms with Gasteiger partial charge in [-0.3, -0.25) is 4.79 Å². The van der Waals surface area contributed by atoms with E-state index in [9.17, 15) is 4.79 Å². The van der Waals surface area contributed by atoms with E-state index in [2.05, 4.69) is 15.9 Å². The van der Waals surface area contributed by atoms with Crippen LogP contribution in [0.5, 0.6) is 0 Å². The zero-order chi connectivity index (χ0) is 9.97. The molecule has 0 aromatic heterocycles. The average Bonchev–Trinajstić information content (AvgIpc) is 2.65. The van der Waals surface area contributed by atoms with E-state index in [1.165, 1.54) is 19.3 Å². The number of hydrogen-bond donors (Lipinski definition) is 0. The van der Waals surface area contributed by atoms with Gasteiger partial charge in [-0.15, -0.1) is 11.8 Å². The van der Waals surface area contributed by atoms with Crippen LogP contribution in [0.1, 0.15) is 19.3 Å². The number of thioether (sulfide) groups is 1. The van der Waals surface area contributed by atoms with Gasteiger partial charge in [0.1, 0.15) is 0 Å². The van der Waals surface area contributed by atoms with Crippen LogP contribution < -0.4 is 0 Å². The molecule has 0 aromatic rings. The minimum Gasteiger partial charge on any atom is -0.342 e. The number of rotatable bonds is 1. The van der Waals surface area contributed by atoms with E-state index >= 15 is 0 Å². The molecule has 0 saturated carbocycles. The number of carbonyl (C=O) groups is 1. The Bertz CT molecular complexity index is 261. The molecule has 4 heteroatoms. The minimum absolute atomic E-state index is 0.118. The van der Waals surface area contributed by atoms with Crippen molar-refractivity contribution >= 4 is 33.6 Å². The molecule has 14 heavy (non-hydrogen) atoms. The second-order valence-electron chi connectivity index (χ2n) is 3.77. The summed E-state index contributed by atoms with van der Waals surface area (Å²) in [5, 5.41) is 0. The second-order valence-corrected chi connectivity index (χ2v) is 6.22. The highest BCUT2D eigenvalue weighted by Gasteiger charge is 2.27. The Morgan fingerprint density at radius 2 is 2.14 bits per heavy atom. The van der Waals surface area contributed by atoms with Crippen LogP contribution in [-0.2, 0) is 4.79 Å². The summed E-state index contributed by atoms with van der Waals surface area (Å²) in [6.45, 7) is 1.93. The molecule has 1 saturated heterocycles. The lowest BCUT2D eigenvalue weighted by Gasteiger charge is -2.28. The standard InChI is InChI=1S/C10H14BrNOS/c11-9-6-8(7-14-9)10(13)12-4-2-1-3-5-12/h6,8H,1-5,7H2. The van der Waals surface area contributed by atoms with Gasteiger partial charge in [0.2, 0.25) is 5.91 Å². The molecule has 0 N–H and O–H groups in total. The number of hydrogen-bond acceptors (Lipinski definition) is 2. The molecule has 0 radical (unpaired) electrons. The highest BCUT2D eigenvalue weighted by atomic mass is 79.9. The highest BCUT2D eigenvalue weighted by molar-refractivity contribution is 9.14. The molecule has 1 fully saturated rings. The van der Waals surface area contributed by atoms with E-state index < -0.39 is 0 Å². The Morgan fingerprint density at radius 1 is 1.43 bits per heavy atom. The minimum atomic E-state index is 0.118. The van der Waals surface area contributed by atoms with E-state index in [4.69, 9.17) is 0 Å². The molecule has 1 atom stereocenters. The maximum atomic E-state index is 12.0. The van der Waals surface area contributed by atoms with Gasteiger partial charge in [0.25, 0.3) is 0 Å². The summed E-state index contributed by atoms with van der Waals surface area (Å²) in [5.74, 6) is 1.36. The van der Waals surface area contributed by atoms with Crippen LogP contribution in [0.25, 0.3) is 0 Å². The van der Waals surface area contributed by atoms with Gasteiger partial charge >= 0.3 is 0 Å². The summed E-state index contributed by atoms with van der Waals surface area (Å²) in [6.07, 6.45) is 5.68. The van der Waals surface area contributed by atoms with Crippen molar-refractivity contribution in [3.05, 3.63) is 9.89 Å². The van der Waals surface area contributed by atoms with Gasteiger partial charge in [-0.05, 0) is 35.2 Å². The Morgan fingerprint density at radius 3 is 2.71 bits per heavy atom. The molecular weight excluding hydrogens is 262 g/mol. The van der Waals surface area contributed by atoms with Crippen molar-refractivity contribution in [2.24, 2.45) is 5.92 Å². The zero-order valence-corrected chi connectivity index (χ0v) is 10.4. The van der Waals surface area contributed by atoms with Crippen LogP contribution in [0.3, 0.4) is 0 Å². The SMILES string of the molecule is O=C(C1C=C(Br)SC1)N1CCCCC1. The molecule has 0 spiro atoms. The first-order valence-corrected chi connectivity index (χ1v) is 6.84. The normalized spacial score (nSPS) is 27.6. The highest BCUT2D eigenvalue weighted by Crippen LogP contribution is 2.34. The summed E-state index contributed by atoms with van der Waals surface area (Å²) < 4.78 is 1.12. The molecule has 1 amide bonds. The van der Waals surface area contributed by atoms with Crippen LogP contribution in [0.15, 0.2) is 9.89 Å². The molecule has 2 heterocycles. The van der Waals surface area contributed by atoms with Crippen molar-refractivity contribution in [2.45, 2.75) is 19.3 Å². The average molecular weight is 276 g/mol. The van der Waals surface area contributed by atoms with Crippen molar-refractivity contribution in [1.29, 1.82) is 0 Å². The fraction of sp³-hybridized carbons (Fsp3) is 0.700. The molecule has 2 rings (SSSR count). The number of halogens is 1. The first kappa shape index (κ1) is 10.6. The van der Waals surface area contributed by atoms with Gasteiger partial charge in [-0.1, -0.05) is 6.08 Å². The Kier molecular flexibility index (Phi) is 3.55. The molecule has 2 aliphatic rings. The fourth-order valence-electron chi connectivity index (χ4n) is 1.92. The summed E-state index contributed by atoms with van der Waals surface area (Å²) in [7, 11) is 0. The molecule has 2 aliphatic heterocycles. The Hall–Kier alpha value is 0.0400. The van der Waals surface area contributed by atoms with Gasteiger partial charge in [0.15, 0.2) is 0 Å². The van der Waals surface area contributed by atoms with Gasteiger partial charge < -0.3 is 4.90 Å². The van der Waals surface area contributed by atoms with Gasteiger partial charge in [0, 0.05) is 22.7 Å². The number of carbonyl (C=O) groups excluding carboxylic acids is 1.